The molecule has 2 aromatic heterocycles. The molecular weight excluding hydrogens is 405 g/mol. The maximum Gasteiger partial charge on any atom is 0.315 e. The van der Waals surface area contributed by atoms with Crippen LogP contribution in [-0.4, -0.2) is 34.3 Å². The van der Waals surface area contributed by atoms with E-state index < -0.39 is 0 Å². The van der Waals surface area contributed by atoms with E-state index in [0.717, 1.165) is 17.0 Å². The number of carbonyl (C=O) groups is 1. The SMILES string of the molecule is COc1ccc(CNC(=O)NCCc2csc3nc(-c4ccccc4F)nn23)cc1. The number of nitrogens with zero attached hydrogens (tertiary/aromatic N) is 3. The number of rotatable bonds is 7. The summed E-state index contributed by atoms with van der Waals surface area (Å²) < 4.78 is 20.8. The van der Waals surface area contributed by atoms with Gasteiger partial charge in [0.05, 0.1) is 18.4 Å². The minimum atomic E-state index is -0.354. The van der Waals surface area contributed by atoms with Crippen LogP contribution in [-0.2, 0) is 13.0 Å². The van der Waals surface area contributed by atoms with Crippen molar-refractivity contribution in [3.05, 3.63) is 71.0 Å². The molecule has 0 aliphatic heterocycles. The molecule has 0 fully saturated rings. The highest BCUT2D eigenvalue weighted by molar-refractivity contribution is 7.15. The van der Waals surface area contributed by atoms with Gasteiger partial charge in [-0.25, -0.2) is 13.7 Å². The third kappa shape index (κ3) is 4.41. The molecular formula is C21H20FN5O2S. The van der Waals surface area contributed by atoms with Crippen molar-refractivity contribution >= 4 is 22.3 Å². The van der Waals surface area contributed by atoms with E-state index in [2.05, 4.69) is 20.7 Å². The van der Waals surface area contributed by atoms with E-state index in [1.807, 2.05) is 29.6 Å². The van der Waals surface area contributed by atoms with E-state index in [0.29, 0.717) is 35.9 Å². The van der Waals surface area contributed by atoms with Gasteiger partial charge in [0, 0.05) is 24.9 Å². The Hall–Kier alpha value is -3.46. The number of amides is 2. The summed E-state index contributed by atoms with van der Waals surface area (Å²) in [6.07, 6.45) is 0.579. The molecule has 0 aliphatic rings. The van der Waals surface area contributed by atoms with Crippen LogP contribution in [0.15, 0.2) is 53.9 Å². The molecule has 2 heterocycles. The second kappa shape index (κ2) is 8.91. The lowest BCUT2D eigenvalue weighted by Crippen LogP contribution is -2.36. The van der Waals surface area contributed by atoms with Crippen molar-refractivity contribution in [1.29, 1.82) is 0 Å². The number of aromatic nitrogens is 3. The number of halogens is 1. The van der Waals surface area contributed by atoms with Gasteiger partial charge in [0.1, 0.15) is 11.6 Å². The highest BCUT2D eigenvalue weighted by atomic mass is 32.1. The smallest absolute Gasteiger partial charge is 0.315 e. The minimum Gasteiger partial charge on any atom is -0.497 e. The Balaban J connectivity index is 1.31. The van der Waals surface area contributed by atoms with Gasteiger partial charge in [0.15, 0.2) is 5.82 Å². The lowest BCUT2D eigenvalue weighted by Gasteiger charge is -2.08. The Labute approximate surface area is 176 Å². The van der Waals surface area contributed by atoms with E-state index in [4.69, 9.17) is 4.74 Å². The maximum absolute atomic E-state index is 14.0. The fourth-order valence-corrected chi connectivity index (χ4v) is 3.80. The topological polar surface area (TPSA) is 80.5 Å². The standard InChI is InChI=1S/C21H20FN5O2S/c1-29-16-8-6-14(7-9-16)12-24-20(28)23-11-10-15-13-30-21-25-19(26-27(15)21)17-4-2-3-5-18(17)22/h2-9,13H,10-12H2,1H3,(H2,23,24,28). The van der Waals surface area contributed by atoms with Crippen molar-refractivity contribution in [1.82, 2.24) is 25.2 Å². The minimum absolute atomic E-state index is 0.247. The quantitative estimate of drug-likeness (QED) is 0.474. The van der Waals surface area contributed by atoms with E-state index in [-0.39, 0.29) is 11.8 Å². The van der Waals surface area contributed by atoms with Gasteiger partial charge in [-0.3, -0.25) is 0 Å². The summed E-state index contributed by atoms with van der Waals surface area (Å²) in [5.74, 6) is 0.774. The van der Waals surface area contributed by atoms with Crippen molar-refractivity contribution in [2.75, 3.05) is 13.7 Å². The zero-order chi connectivity index (χ0) is 20.9. The third-order valence-corrected chi connectivity index (χ3v) is 5.41. The summed E-state index contributed by atoms with van der Waals surface area (Å²) in [7, 11) is 1.61. The number of methoxy groups -OCH3 is 1. The second-order valence-corrected chi connectivity index (χ2v) is 7.38. The van der Waals surface area contributed by atoms with Gasteiger partial charge in [-0.1, -0.05) is 24.3 Å². The highest BCUT2D eigenvalue weighted by Crippen LogP contribution is 2.23. The predicted molar refractivity (Wildman–Crippen MR) is 113 cm³/mol. The zero-order valence-corrected chi connectivity index (χ0v) is 17.1. The van der Waals surface area contributed by atoms with Crippen LogP contribution in [0.1, 0.15) is 11.3 Å². The van der Waals surface area contributed by atoms with Crippen molar-refractivity contribution in [3.63, 3.8) is 0 Å². The molecule has 154 valence electrons. The zero-order valence-electron chi connectivity index (χ0n) is 16.3. The van der Waals surface area contributed by atoms with Crippen molar-refractivity contribution in [3.8, 4) is 17.1 Å². The van der Waals surface area contributed by atoms with Crippen LogP contribution in [0, 0.1) is 5.82 Å². The molecule has 4 aromatic rings. The van der Waals surface area contributed by atoms with Crippen molar-refractivity contribution in [2.24, 2.45) is 0 Å². The first kappa shape index (κ1) is 19.8. The van der Waals surface area contributed by atoms with E-state index in [1.54, 1.807) is 29.8 Å². The molecule has 0 saturated heterocycles. The summed E-state index contributed by atoms with van der Waals surface area (Å²) in [5, 5.41) is 12.0. The Kier molecular flexibility index (Phi) is 5.89. The van der Waals surface area contributed by atoms with Crippen LogP contribution < -0.4 is 15.4 Å². The molecule has 0 saturated carbocycles. The molecule has 0 atom stereocenters. The van der Waals surface area contributed by atoms with Crippen LogP contribution in [0.25, 0.3) is 16.3 Å². The molecule has 0 bridgehead atoms. The Bertz CT molecular complexity index is 1160. The first-order chi connectivity index (χ1) is 14.6. The monoisotopic (exact) mass is 425 g/mol. The molecule has 0 radical (unpaired) electrons. The normalized spacial score (nSPS) is 10.9. The second-order valence-electron chi connectivity index (χ2n) is 6.54. The number of ether oxygens (including phenoxy) is 1. The summed E-state index contributed by atoms with van der Waals surface area (Å²) in [5.41, 5.74) is 2.25. The molecule has 4 rings (SSSR count). The predicted octanol–water partition coefficient (Wildman–Crippen LogP) is 3.65. The molecule has 0 unspecified atom stereocenters. The highest BCUT2D eigenvalue weighted by Gasteiger charge is 2.14. The fraction of sp³-hybridized carbons (Fsp3) is 0.190. The summed E-state index contributed by atoms with van der Waals surface area (Å²) >= 11 is 1.43. The van der Waals surface area contributed by atoms with Crippen LogP contribution in [0.2, 0.25) is 0 Å². The number of urea groups is 1. The number of thiazole rings is 1. The molecule has 30 heavy (non-hydrogen) atoms. The van der Waals surface area contributed by atoms with Gasteiger partial charge in [-0.2, -0.15) is 4.98 Å². The Morgan fingerprint density at radius 3 is 2.73 bits per heavy atom. The van der Waals surface area contributed by atoms with Crippen LogP contribution in [0.4, 0.5) is 9.18 Å². The van der Waals surface area contributed by atoms with Crippen molar-refractivity contribution < 1.29 is 13.9 Å². The average molecular weight is 425 g/mol. The van der Waals surface area contributed by atoms with Crippen LogP contribution in [0.3, 0.4) is 0 Å². The number of hydrogen-bond acceptors (Lipinski definition) is 5. The lowest BCUT2D eigenvalue weighted by atomic mass is 10.2. The molecule has 2 N–H and O–H groups in total. The van der Waals surface area contributed by atoms with Gasteiger partial charge in [-0.15, -0.1) is 16.4 Å². The molecule has 2 aromatic carbocycles. The van der Waals surface area contributed by atoms with Gasteiger partial charge >= 0.3 is 6.03 Å². The number of benzene rings is 2. The average Bonchev–Trinajstić information content (AvgIpc) is 3.34. The van der Waals surface area contributed by atoms with Gasteiger partial charge in [0.25, 0.3) is 0 Å². The summed E-state index contributed by atoms with van der Waals surface area (Å²) in [4.78, 5) is 17.1. The molecule has 0 aliphatic carbocycles. The summed E-state index contributed by atoms with van der Waals surface area (Å²) in [6.45, 7) is 0.864. The first-order valence-corrected chi connectivity index (χ1v) is 10.2. The third-order valence-electron chi connectivity index (χ3n) is 4.54. The molecule has 2 amide bonds. The van der Waals surface area contributed by atoms with Gasteiger partial charge < -0.3 is 15.4 Å². The summed E-state index contributed by atoms with van der Waals surface area (Å²) in [6, 6.07) is 13.7. The first-order valence-electron chi connectivity index (χ1n) is 9.36. The van der Waals surface area contributed by atoms with E-state index in [9.17, 15) is 9.18 Å². The molecule has 7 nitrogen and oxygen atoms in total. The number of carbonyl (C=O) groups excluding carboxylic acids is 1. The van der Waals surface area contributed by atoms with E-state index in [1.165, 1.54) is 17.4 Å². The van der Waals surface area contributed by atoms with Crippen LogP contribution >= 0.6 is 11.3 Å². The van der Waals surface area contributed by atoms with Gasteiger partial charge in [0.2, 0.25) is 4.96 Å². The Morgan fingerprint density at radius 2 is 1.97 bits per heavy atom. The maximum atomic E-state index is 14.0. The molecule has 0 spiro atoms. The number of nitrogens with one attached hydrogen (secondary N) is 2. The largest absolute Gasteiger partial charge is 0.497 e. The number of hydrogen-bond donors (Lipinski definition) is 2. The van der Waals surface area contributed by atoms with Gasteiger partial charge in [-0.05, 0) is 29.8 Å². The van der Waals surface area contributed by atoms with Crippen molar-refractivity contribution in [2.45, 2.75) is 13.0 Å². The van der Waals surface area contributed by atoms with Crippen LogP contribution in [0.5, 0.6) is 5.75 Å². The lowest BCUT2D eigenvalue weighted by molar-refractivity contribution is 0.240. The number of fused-ring (bicyclic) bond motifs is 1. The Morgan fingerprint density at radius 1 is 1.17 bits per heavy atom. The van der Waals surface area contributed by atoms with E-state index >= 15 is 0 Å². The fourth-order valence-electron chi connectivity index (χ4n) is 2.95. The molecule has 9 heteroatoms.